The summed E-state index contributed by atoms with van der Waals surface area (Å²) in [5, 5.41) is 0. The topological polar surface area (TPSA) is 0 Å². The van der Waals surface area contributed by atoms with Crippen molar-refractivity contribution < 1.29 is 0 Å². The van der Waals surface area contributed by atoms with E-state index >= 15 is 0 Å². The average Bonchev–Trinajstić information content (AvgIpc) is 3.46. The van der Waals surface area contributed by atoms with Crippen LogP contribution in [-0.2, 0) is 5.41 Å². The second-order valence-electron chi connectivity index (χ2n) is 10.1. The van der Waals surface area contributed by atoms with Gasteiger partial charge in [0.2, 0.25) is 0 Å². The van der Waals surface area contributed by atoms with E-state index in [4.69, 9.17) is 0 Å². The molecule has 3 aliphatic rings. The highest BCUT2D eigenvalue weighted by atomic mass is 14.3. The quantitative estimate of drug-likeness (QED) is 0.504. The summed E-state index contributed by atoms with van der Waals surface area (Å²) < 4.78 is 0. The first-order valence-electron chi connectivity index (χ1n) is 11.3. The van der Waals surface area contributed by atoms with E-state index in [2.05, 4.69) is 87.5 Å². The van der Waals surface area contributed by atoms with Crippen molar-refractivity contribution in [2.24, 2.45) is 5.92 Å². The lowest BCUT2D eigenvalue weighted by molar-refractivity contribution is 0.498. The van der Waals surface area contributed by atoms with Crippen molar-refractivity contribution in [3.05, 3.63) is 88.5 Å². The van der Waals surface area contributed by atoms with Crippen molar-refractivity contribution in [2.75, 3.05) is 0 Å². The Balaban J connectivity index is 1.39. The molecule has 5 rings (SSSR count). The smallest absolute Gasteiger partial charge is 0.00555 e. The Kier molecular flexibility index (Phi) is 4.62. The maximum Gasteiger partial charge on any atom is 0.00555 e. The minimum Gasteiger partial charge on any atom is -0.0761 e. The minimum absolute atomic E-state index is 0.184. The maximum absolute atomic E-state index is 2.47. The van der Waals surface area contributed by atoms with Crippen LogP contribution in [0.5, 0.6) is 0 Å². The predicted octanol–water partition coefficient (Wildman–Crippen LogP) is 8.16. The van der Waals surface area contributed by atoms with Crippen LogP contribution in [0.2, 0.25) is 0 Å². The lowest BCUT2D eigenvalue weighted by Crippen LogP contribution is -2.10. The molecule has 0 spiro atoms. The Labute approximate surface area is 176 Å². The van der Waals surface area contributed by atoms with Crippen molar-refractivity contribution in [3.8, 4) is 0 Å². The van der Waals surface area contributed by atoms with Gasteiger partial charge in [-0.2, -0.15) is 0 Å². The van der Waals surface area contributed by atoms with Gasteiger partial charge in [0.1, 0.15) is 0 Å². The van der Waals surface area contributed by atoms with Crippen LogP contribution < -0.4 is 0 Å². The van der Waals surface area contributed by atoms with Gasteiger partial charge in [0.25, 0.3) is 0 Å². The van der Waals surface area contributed by atoms with Crippen LogP contribution in [0.4, 0.5) is 0 Å². The van der Waals surface area contributed by atoms with E-state index in [9.17, 15) is 0 Å². The van der Waals surface area contributed by atoms with Crippen molar-refractivity contribution in [1.82, 2.24) is 0 Å². The molecule has 148 valence electrons. The number of hydrogen-bond donors (Lipinski definition) is 0. The molecule has 1 unspecified atom stereocenters. The average molecular weight is 381 g/mol. The normalized spacial score (nSPS) is 21.4. The van der Waals surface area contributed by atoms with Gasteiger partial charge in [-0.25, -0.2) is 0 Å². The number of benzene rings is 2. The monoisotopic (exact) mass is 380 g/mol. The summed E-state index contributed by atoms with van der Waals surface area (Å²) in [6.45, 7) is 6.86. The fourth-order valence-electron chi connectivity index (χ4n) is 5.35. The summed E-state index contributed by atoms with van der Waals surface area (Å²) in [6, 6.07) is 16.3. The molecular weight excluding hydrogens is 348 g/mol. The Hall–Kier alpha value is -2.34. The molecule has 2 aromatic rings. The number of hydrogen-bond acceptors (Lipinski definition) is 0. The van der Waals surface area contributed by atoms with Gasteiger partial charge < -0.3 is 0 Å². The summed E-state index contributed by atoms with van der Waals surface area (Å²) in [5.41, 5.74) is 10.1. The summed E-state index contributed by atoms with van der Waals surface area (Å²) in [5.74, 6) is 1.53. The first-order chi connectivity index (χ1) is 14.0. The molecule has 0 heterocycles. The minimum atomic E-state index is 0.184. The van der Waals surface area contributed by atoms with Crippen LogP contribution in [0.15, 0.2) is 60.7 Å². The Morgan fingerprint density at radius 2 is 1.72 bits per heavy atom. The third-order valence-electron chi connectivity index (χ3n) is 7.14. The van der Waals surface area contributed by atoms with Crippen LogP contribution in [0.1, 0.15) is 86.6 Å². The highest BCUT2D eigenvalue weighted by Gasteiger charge is 2.28. The van der Waals surface area contributed by atoms with Gasteiger partial charge >= 0.3 is 0 Å². The first-order valence-corrected chi connectivity index (χ1v) is 11.3. The SMILES string of the molecule is CC(C)(C)c1cccc(C2=CCC(c3ccc4c(c3)C=CC4C3CCCC3)=C2)c1. The molecule has 0 saturated heterocycles. The molecule has 1 atom stereocenters. The van der Waals surface area contributed by atoms with E-state index in [1.165, 1.54) is 59.1 Å². The van der Waals surface area contributed by atoms with E-state index in [0.717, 1.165) is 12.3 Å². The molecule has 0 amide bonds. The molecule has 0 N–H and O–H groups in total. The fraction of sp³-hybridized carbons (Fsp3) is 0.379. The number of allylic oxidation sites excluding steroid dienone is 5. The van der Waals surface area contributed by atoms with E-state index < -0.39 is 0 Å². The third kappa shape index (κ3) is 3.54. The maximum atomic E-state index is 2.47. The van der Waals surface area contributed by atoms with E-state index in [1.54, 1.807) is 5.56 Å². The van der Waals surface area contributed by atoms with Gasteiger partial charge in [0.05, 0.1) is 0 Å². The van der Waals surface area contributed by atoms with E-state index in [0.29, 0.717) is 5.92 Å². The molecule has 0 aromatic heterocycles. The van der Waals surface area contributed by atoms with Crippen molar-refractivity contribution in [2.45, 2.75) is 64.2 Å². The predicted molar refractivity (Wildman–Crippen MR) is 126 cm³/mol. The largest absolute Gasteiger partial charge is 0.0761 e. The lowest BCUT2D eigenvalue weighted by atomic mass is 9.85. The summed E-state index contributed by atoms with van der Waals surface area (Å²) >= 11 is 0. The zero-order valence-corrected chi connectivity index (χ0v) is 18.0. The second kappa shape index (κ2) is 7.17. The fourth-order valence-corrected chi connectivity index (χ4v) is 5.35. The molecule has 0 radical (unpaired) electrons. The Morgan fingerprint density at radius 1 is 0.897 bits per heavy atom. The summed E-state index contributed by atoms with van der Waals surface area (Å²) in [4.78, 5) is 0. The first kappa shape index (κ1) is 18.7. The van der Waals surface area contributed by atoms with E-state index in [1.807, 2.05) is 0 Å². The Morgan fingerprint density at radius 3 is 2.52 bits per heavy atom. The van der Waals surface area contributed by atoms with Gasteiger partial charge in [-0.15, -0.1) is 0 Å². The van der Waals surface area contributed by atoms with Crippen LogP contribution in [0.25, 0.3) is 17.2 Å². The zero-order valence-electron chi connectivity index (χ0n) is 18.0. The van der Waals surface area contributed by atoms with Crippen molar-refractivity contribution >= 4 is 17.2 Å². The van der Waals surface area contributed by atoms with Gasteiger partial charge in [0.15, 0.2) is 0 Å². The molecule has 0 nitrogen and oxygen atoms in total. The van der Waals surface area contributed by atoms with Crippen molar-refractivity contribution in [3.63, 3.8) is 0 Å². The van der Waals surface area contributed by atoms with E-state index in [-0.39, 0.29) is 5.41 Å². The van der Waals surface area contributed by atoms with Crippen LogP contribution in [0, 0.1) is 5.92 Å². The van der Waals surface area contributed by atoms with Crippen molar-refractivity contribution in [1.29, 1.82) is 0 Å². The molecule has 1 fully saturated rings. The van der Waals surface area contributed by atoms with Gasteiger partial charge in [0, 0.05) is 5.92 Å². The summed E-state index contributed by atoms with van der Waals surface area (Å²) in [7, 11) is 0. The van der Waals surface area contributed by atoms with Crippen LogP contribution >= 0.6 is 0 Å². The standard InChI is InChI=1S/C29H32/c1-29(2,3)26-10-6-9-21(19-26)22-11-12-23(17-22)24-13-15-28-25(18-24)14-16-27(28)20-7-4-5-8-20/h6,9-11,13-20,27H,4-5,7-8,12H2,1-3H3. The summed E-state index contributed by atoms with van der Waals surface area (Å²) in [6.07, 6.45) is 16.3. The number of fused-ring (bicyclic) bond motifs is 1. The third-order valence-corrected chi connectivity index (χ3v) is 7.14. The molecular formula is C29H32. The lowest BCUT2D eigenvalue weighted by Gasteiger charge is -2.19. The molecule has 0 aliphatic heterocycles. The highest BCUT2D eigenvalue weighted by molar-refractivity contribution is 5.90. The molecule has 1 saturated carbocycles. The Bertz CT molecular complexity index is 1020. The van der Waals surface area contributed by atoms with Gasteiger partial charge in [-0.1, -0.05) is 94.3 Å². The molecule has 29 heavy (non-hydrogen) atoms. The zero-order chi connectivity index (χ0) is 20.0. The van der Waals surface area contributed by atoms with Crippen LogP contribution in [0.3, 0.4) is 0 Å². The second-order valence-corrected chi connectivity index (χ2v) is 10.1. The molecule has 0 bridgehead atoms. The molecule has 0 heteroatoms. The highest BCUT2D eigenvalue weighted by Crippen LogP contribution is 2.44. The molecule has 3 aliphatic carbocycles. The van der Waals surface area contributed by atoms with Gasteiger partial charge in [-0.05, 0) is 75.6 Å². The van der Waals surface area contributed by atoms with Gasteiger partial charge in [-0.3, -0.25) is 0 Å². The number of rotatable bonds is 3. The van der Waals surface area contributed by atoms with Crippen LogP contribution in [-0.4, -0.2) is 0 Å². The molecule has 2 aromatic carbocycles.